The molecular formula is C15H14ClNO6. The summed E-state index contributed by atoms with van der Waals surface area (Å²) in [4.78, 5) is 34.1. The molecule has 0 saturated heterocycles. The van der Waals surface area contributed by atoms with Crippen LogP contribution in [0.1, 0.15) is 19.3 Å². The molecular weight excluding hydrogens is 326 g/mol. The van der Waals surface area contributed by atoms with Crippen LogP contribution < -0.4 is 15.7 Å². The molecule has 2 N–H and O–H groups in total. The van der Waals surface area contributed by atoms with Gasteiger partial charge in [0, 0.05) is 23.9 Å². The average molecular weight is 340 g/mol. The first-order chi connectivity index (χ1) is 10.9. The van der Waals surface area contributed by atoms with Crippen LogP contribution in [0, 0.1) is 0 Å². The number of fused-ring (bicyclic) bond motifs is 1. The van der Waals surface area contributed by atoms with Gasteiger partial charge >= 0.3 is 17.5 Å². The highest BCUT2D eigenvalue weighted by molar-refractivity contribution is 6.36. The maximum absolute atomic E-state index is 11.9. The first-order valence-corrected chi connectivity index (χ1v) is 7.12. The number of halogens is 1. The van der Waals surface area contributed by atoms with E-state index in [1.165, 1.54) is 13.2 Å². The number of carboxylic acid groups (broad SMARTS) is 1. The van der Waals surface area contributed by atoms with E-state index in [1.807, 2.05) is 0 Å². The molecule has 0 bridgehead atoms. The largest absolute Gasteiger partial charge is 0.481 e. The van der Waals surface area contributed by atoms with Gasteiger partial charge < -0.3 is 19.6 Å². The van der Waals surface area contributed by atoms with Gasteiger partial charge in [-0.3, -0.25) is 9.59 Å². The second-order valence-electron chi connectivity index (χ2n) is 4.75. The number of carboxylic acids is 1. The number of ether oxygens (including phenoxy) is 1. The van der Waals surface area contributed by atoms with E-state index in [0.717, 1.165) is 0 Å². The number of carbonyl (C=O) groups excluding carboxylic acids is 1. The molecule has 0 fully saturated rings. The predicted molar refractivity (Wildman–Crippen MR) is 84.2 cm³/mol. The Morgan fingerprint density at radius 3 is 2.70 bits per heavy atom. The van der Waals surface area contributed by atoms with Crippen molar-refractivity contribution in [2.45, 2.75) is 19.3 Å². The molecule has 0 radical (unpaired) electrons. The number of nitrogens with one attached hydrogen (secondary N) is 1. The number of amides is 1. The molecule has 1 aromatic carbocycles. The van der Waals surface area contributed by atoms with E-state index in [4.69, 9.17) is 25.9 Å². The van der Waals surface area contributed by atoms with Gasteiger partial charge in [-0.15, -0.1) is 0 Å². The summed E-state index contributed by atoms with van der Waals surface area (Å²) >= 11 is 6.07. The normalized spacial score (nSPS) is 10.5. The molecule has 0 atom stereocenters. The number of benzene rings is 1. The Labute approximate surface area is 135 Å². The monoisotopic (exact) mass is 339 g/mol. The first-order valence-electron chi connectivity index (χ1n) is 6.74. The Morgan fingerprint density at radius 2 is 2.04 bits per heavy atom. The molecule has 8 heteroatoms. The smallest absolute Gasteiger partial charge is 0.346 e. The van der Waals surface area contributed by atoms with Gasteiger partial charge in [0.15, 0.2) is 0 Å². The highest BCUT2D eigenvalue weighted by Gasteiger charge is 2.13. The Hall–Kier alpha value is -2.54. The van der Waals surface area contributed by atoms with Crippen molar-refractivity contribution in [2.24, 2.45) is 0 Å². The highest BCUT2D eigenvalue weighted by atomic mass is 35.5. The van der Waals surface area contributed by atoms with E-state index in [9.17, 15) is 14.4 Å². The van der Waals surface area contributed by atoms with E-state index in [2.05, 4.69) is 5.32 Å². The minimum atomic E-state index is -0.954. The van der Waals surface area contributed by atoms with Gasteiger partial charge in [0.25, 0.3) is 0 Å². The average Bonchev–Trinajstić information content (AvgIpc) is 2.50. The van der Waals surface area contributed by atoms with E-state index >= 15 is 0 Å². The molecule has 0 unspecified atom stereocenters. The number of carbonyl (C=O) groups is 2. The first kappa shape index (κ1) is 16.8. The van der Waals surface area contributed by atoms with Crippen molar-refractivity contribution in [3.05, 3.63) is 33.6 Å². The molecule has 23 heavy (non-hydrogen) atoms. The van der Waals surface area contributed by atoms with Crippen LogP contribution in [-0.4, -0.2) is 24.1 Å². The second-order valence-corrected chi connectivity index (χ2v) is 5.13. The van der Waals surface area contributed by atoms with Crippen LogP contribution in [0.2, 0.25) is 5.02 Å². The van der Waals surface area contributed by atoms with Crippen molar-refractivity contribution in [1.29, 1.82) is 0 Å². The molecule has 1 aromatic heterocycles. The SMILES string of the molecule is COc1oc(=O)c2cc(NC(=O)CCCC(=O)O)ccc2c1Cl. The number of hydrogen-bond acceptors (Lipinski definition) is 5. The maximum Gasteiger partial charge on any atom is 0.346 e. The second kappa shape index (κ2) is 7.15. The van der Waals surface area contributed by atoms with E-state index < -0.39 is 11.6 Å². The number of hydrogen-bond donors (Lipinski definition) is 2. The summed E-state index contributed by atoms with van der Waals surface area (Å²) in [7, 11) is 1.34. The Kier molecular flexibility index (Phi) is 5.23. The van der Waals surface area contributed by atoms with Crippen molar-refractivity contribution >= 4 is 39.9 Å². The molecule has 0 aliphatic heterocycles. The summed E-state index contributed by atoms with van der Waals surface area (Å²) < 4.78 is 9.81. The summed E-state index contributed by atoms with van der Waals surface area (Å²) in [6.45, 7) is 0. The van der Waals surface area contributed by atoms with Crippen LogP contribution >= 0.6 is 11.6 Å². The molecule has 0 saturated carbocycles. The summed E-state index contributed by atoms with van der Waals surface area (Å²) in [5, 5.41) is 12.0. The van der Waals surface area contributed by atoms with Gasteiger partial charge in [-0.25, -0.2) is 4.79 Å². The van der Waals surface area contributed by atoms with Crippen molar-refractivity contribution in [1.82, 2.24) is 0 Å². The Bertz CT molecular complexity index is 813. The molecule has 1 amide bonds. The van der Waals surface area contributed by atoms with Gasteiger partial charge in [0.05, 0.1) is 12.5 Å². The van der Waals surface area contributed by atoms with Gasteiger partial charge in [-0.2, -0.15) is 0 Å². The third-order valence-electron chi connectivity index (χ3n) is 3.10. The van der Waals surface area contributed by atoms with Gasteiger partial charge in [-0.1, -0.05) is 17.7 Å². The molecule has 122 valence electrons. The third kappa shape index (κ3) is 4.01. The number of aliphatic carboxylic acids is 1. The van der Waals surface area contributed by atoms with Gasteiger partial charge in [0.1, 0.15) is 5.02 Å². The van der Waals surface area contributed by atoms with E-state index in [1.54, 1.807) is 12.1 Å². The minimum absolute atomic E-state index is 0.0717. The number of methoxy groups -OCH3 is 1. The minimum Gasteiger partial charge on any atom is -0.481 e. The molecule has 0 spiro atoms. The van der Waals surface area contributed by atoms with Crippen LogP contribution in [-0.2, 0) is 9.59 Å². The highest BCUT2D eigenvalue weighted by Crippen LogP contribution is 2.31. The Morgan fingerprint density at radius 1 is 1.30 bits per heavy atom. The molecule has 0 aliphatic carbocycles. The lowest BCUT2D eigenvalue weighted by atomic mass is 10.1. The van der Waals surface area contributed by atoms with E-state index in [-0.39, 0.29) is 41.5 Å². The van der Waals surface area contributed by atoms with Crippen molar-refractivity contribution in [3.8, 4) is 5.95 Å². The summed E-state index contributed by atoms with van der Waals surface area (Å²) in [5.41, 5.74) is -0.241. The van der Waals surface area contributed by atoms with Crippen LogP contribution in [0.4, 0.5) is 5.69 Å². The van der Waals surface area contributed by atoms with E-state index in [0.29, 0.717) is 11.1 Å². The van der Waals surface area contributed by atoms with Crippen LogP contribution in [0.5, 0.6) is 5.95 Å². The zero-order chi connectivity index (χ0) is 17.0. The molecule has 2 aromatic rings. The summed E-state index contributed by atoms with van der Waals surface area (Å²) in [6, 6.07) is 4.60. The topological polar surface area (TPSA) is 106 Å². The van der Waals surface area contributed by atoms with Gasteiger partial charge in [-0.05, 0) is 18.6 Å². The van der Waals surface area contributed by atoms with Crippen molar-refractivity contribution in [3.63, 3.8) is 0 Å². The fourth-order valence-electron chi connectivity index (χ4n) is 2.03. The fraction of sp³-hybridized carbons (Fsp3) is 0.267. The quantitative estimate of drug-likeness (QED) is 0.838. The van der Waals surface area contributed by atoms with Gasteiger partial charge in [0.2, 0.25) is 5.91 Å². The number of anilines is 1. The molecule has 0 aliphatic rings. The van der Waals surface area contributed by atoms with Crippen LogP contribution in [0.3, 0.4) is 0 Å². The van der Waals surface area contributed by atoms with Crippen LogP contribution in [0.25, 0.3) is 10.8 Å². The summed E-state index contributed by atoms with van der Waals surface area (Å²) in [6.07, 6.45) is 0.229. The lowest BCUT2D eigenvalue weighted by molar-refractivity contribution is -0.137. The zero-order valence-electron chi connectivity index (χ0n) is 12.2. The van der Waals surface area contributed by atoms with Crippen molar-refractivity contribution in [2.75, 3.05) is 12.4 Å². The molecule has 2 rings (SSSR count). The number of rotatable bonds is 6. The lowest BCUT2D eigenvalue weighted by Crippen LogP contribution is -2.12. The third-order valence-corrected chi connectivity index (χ3v) is 3.46. The predicted octanol–water partition coefficient (Wildman–Crippen LogP) is 2.65. The Balaban J connectivity index is 2.21. The lowest BCUT2D eigenvalue weighted by Gasteiger charge is -2.08. The maximum atomic E-state index is 11.9. The van der Waals surface area contributed by atoms with Crippen LogP contribution in [0.15, 0.2) is 27.4 Å². The molecule has 1 heterocycles. The summed E-state index contributed by atoms with van der Waals surface area (Å²) in [5.74, 6) is -1.37. The molecule has 7 nitrogen and oxygen atoms in total. The van der Waals surface area contributed by atoms with Crippen molar-refractivity contribution < 1.29 is 23.8 Å². The zero-order valence-corrected chi connectivity index (χ0v) is 13.0. The standard InChI is InChI=1S/C15H14ClNO6/c1-22-15-13(16)9-6-5-8(7-10(9)14(21)23-15)17-11(18)3-2-4-12(19)20/h5-7H,2-4H2,1H3,(H,17,18)(H,19,20). The fourth-order valence-corrected chi connectivity index (χ4v) is 2.31.